The van der Waals surface area contributed by atoms with Gasteiger partial charge in [0.2, 0.25) is 0 Å². The van der Waals surface area contributed by atoms with Crippen LogP contribution in [0, 0.1) is 5.92 Å². The lowest BCUT2D eigenvalue weighted by Crippen LogP contribution is -2.53. The number of hydrogen-bond donors (Lipinski definition) is 1. The van der Waals surface area contributed by atoms with E-state index in [1.54, 1.807) is 13.8 Å². The first-order valence-electron chi connectivity index (χ1n) is 7.51. The van der Waals surface area contributed by atoms with Gasteiger partial charge in [0.05, 0.1) is 11.5 Å². The largest absolute Gasteiger partial charge is 0.461 e. The number of nitrogens with zero attached hydrogens (tertiary/aromatic N) is 1. The third-order valence-corrected chi connectivity index (χ3v) is 4.24. The molecule has 4 heteroatoms. The molecule has 4 nitrogen and oxygen atoms in total. The van der Waals surface area contributed by atoms with Gasteiger partial charge in [0.1, 0.15) is 6.61 Å². The SMILES string of the molecule is CN1CCC(C(=O)OCc2ccccc2)CC1C(C)(C)O. The monoisotopic (exact) mass is 291 g/mol. The van der Waals surface area contributed by atoms with Crippen LogP contribution in [0.4, 0.5) is 0 Å². The summed E-state index contributed by atoms with van der Waals surface area (Å²) in [5, 5.41) is 10.2. The van der Waals surface area contributed by atoms with E-state index in [1.807, 2.05) is 37.4 Å². The zero-order valence-corrected chi connectivity index (χ0v) is 13.1. The Balaban J connectivity index is 1.91. The molecule has 0 saturated carbocycles. The molecule has 0 spiro atoms. The van der Waals surface area contributed by atoms with E-state index in [1.165, 1.54) is 0 Å². The molecule has 2 unspecified atom stereocenters. The van der Waals surface area contributed by atoms with Crippen molar-refractivity contribution in [2.24, 2.45) is 5.92 Å². The zero-order chi connectivity index (χ0) is 15.5. The number of rotatable bonds is 4. The Kier molecular flexibility index (Phi) is 5.01. The molecule has 0 bridgehead atoms. The highest BCUT2D eigenvalue weighted by Gasteiger charge is 2.38. The highest BCUT2D eigenvalue weighted by molar-refractivity contribution is 5.72. The molecule has 21 heavy (non-hydrogen) atoms. The molecule has 2 atom stereocenters. The number of aliphatic hydroxyl groups is 1. The predicted octanol–water partition coefficient (Wildman–Crippen LogP) is 2.21. The van der Waals surface area contributed by atoms with Crippen LogP contribution < -0.4 is 0 Å². The summed E-state index contributed by atoms with van der Waals surface area (Å²) in [4.78, 5) is 14.4. The molecule has 116 valence electrons. The molecule has 1 heterocycles. The normalized spacial score (nSPS) is 23.8. The Hall–Kier alpha value is -1.39. The van der Waals surface area contributed by atoms with E-state index in [-0.39, 0.29) is 17.9 Å². The molecular weight excluding hydrogens is 266 g/mol. The van der Waals surface area contributed by atoms with Crippen LogP contribution in [0.15, 0.2) is 30.3 Å². The lowest BCUT2D eigenvalue weighted by molar-refractivity contribution is -0.154. The molecule has 1 N–H and O–H groups in total. The van der Waals surface area contributed by atoms with Gasteiger partial charge in [-0.1, -0.05) is 30.3 Å². The fraction of sp³-hybridized carbons (Fsp3) is 0.588. The molecular formula is C17H25NO3. The smallest absolute Gasteiger partial charge is 0.309 e. The summed E-state index contributed by atoms with van der Waals surface area (Å²) < 4.78 is 5.42. The number of benzene rings is 1. The molecule has 1 aromatic carbocycles. The van der Waals surface area contributed by atoms with Crippen LogP contribution in [0.1, 0.15) is 32.3 Å². The Bertz CT molecular complexity index is 467. The minimum atomic E-state index is -0.812. The van der Waals surface area contributed by atoms with Crippen molar-refractivity contribution in [3.8, 4) is 0 Å². The Morgan fingerprint density at radius 2 is 2.05 bits per heavy atom. The van der Waals surface area contributed by atoms with Gasteiger partial charge in [0.15, 0.2) is 0 Å². The van der Waals surface area contributed by atoms with Crippen LogP contribution in [0.25, 0.3) is 0 Å². The molecule has 0 aliphatic carbocycles. The zero-order valence-electron chi connectivity index (χ0n) is 13.1. The lowest BCUT2D eigenvalue weighted by Gasteiger charge is -2.42. The van der Waals surface area contributed by atoms with Crippen LogP contribution in [-0.2, 0) is 16.1 Å². The van der Waals surface area contributed by atoms with E-state index in [0.29, 0.717) is 13.0 Å². The molecule has 0 amide bonds. The third-order valence-electron chi connectivity index (χ3n) is 4.24. The summed E-state index contributed by atoms with van der Waals surface area (Å²) in [5.41, 5.74) is 0.186. The van der Waals surface area contributed by atoms with Crippen molar-refractivity contribution in [1.29, 1.82) is 0 Å². The molecule has 2 rings (SSSR count). The number of carbonyl (C=O) groups excluding carboxylic acids is 1. The second-order valence-corrected chi connectivity index (χ2v) is 6.46. The van der Waals surface area contributed by atoms with Crippen molar-refractivity contribution in [3.05, 3.63) is 35.9 Å². The average molecular weight is 291 g/mol. The van der Waals surface area contributed by atoms with Gasteiger partial charge in [0, 0.05) is 6.04 Å². The van der Waals surface area contributed by atoms with Crippen LogP contribution in [0.2, 0.25) is 0 Å². The minimum absolute atomic E-state index is 0.0134. The van der Waals surface area contributed by atoms with Crippen LogP contribution in [0.3, 0.4) is 0 Å². The molecule has 1 aliphatic rings. The first kappa shape index (κ1) is 16.0. The van der Waals surface area contributed by atoms with E-state index >= 15 is 0 Å². The summed E-state index contributed by atoms with van der Waals surface area (Å²) in [7, 11) is 1.99. The van der Waals surface area contributed by atoms with Gasteiger partial charge in [-0.3, -0.25) is 4.79 Å². The van der Waals surface area contributed by atoms with Gasteiger partial charge in [-0.25, -0.2) is 0 Å². The van der Waals surface area contributed by atoms with Crippen molar-refractivity contribution in [1.82, 2.24) is 4.90 Å². The van der Waals surface area contributed by atoms with Gasteiger partial charge in [-0.05, 0) is 45.8 Å². The van der Waals surface area contributed by atoms with Gasteiger partial charge in [-0.2, -0.15) is 0 Å². The standard InChI is InChI=1S/C17H25NO3/c1-17(2,20)15-11-14(9-10-18(15)3)16(19)21-12-13-7-5-4-6-8-13/h4-8,14-15,20H,9-12H2,1-3H3. The Morgan fingerprint density at radius 3 is 2.67 bits per heavy atom. The maximum absolute atomic E-state index is 12.2. The van der Waals surface area contributed by atoms with Gasteiger partial charge < -0.3 is 14.7 Å². The van der Waals surface area contributed by atoms with Gasteiger partial charge in [-0.15, -0.1) is 0 Å². The molecule has 0 aromatic heterocycles. The number of likely N-dealkylation sites (N-methyl/N-ethyl adjacent to an activating group) is 1. The van der Waals surface area contributed by atoms with Crippen LogP contribution in [-0.4, -0.2) is 41.2 Å². The number of likely N-dealkylation sites (tertiary alicyclic amines) is 1. The average Bonchev–Trinajstić information content (AvgIpc) is 2.45. The van der Waals surface area contributed by atoms with E-state index in [9.17, 15) is 9.90 Å². The summed E-state index contributed by atoms with van der Waals surface area (Å²) in [6, 6.07) is 9.69. The number of esters is 1. The summed E-state index contributed by atoms with van der Waals surface area (Å²) in [6.07, 6.45) is 1.43. The maximum atomic E-state index is 12.2. The third kappa shape index (κ3) is 4.29. The highest BCUT2D eigenvalue weighted by Crippen LogP contribution is 2.29. The van der Waals surface area contributed by atoms with Crippen molar-refractivity contribution >= 4 is 5.97 Å². The topological polar surface area (TPSA) is 49.8 Å². The quantitative estimate of drug-likeness (QED) is 0.864. The number of carbonyl (C=O) groups is 1. The number of hydrogen-bond acceptors (Lipinski definition) is 4. The fourth-order valence-electron chi connectivity index (χ4n) is 2.97. The number of ether oxygens (including phenoxy) is 1. The second-order valence-electron chi connectivity index (χ2n) is 6.46. The van der Waals surface area contributed by atoms with Crippen LogP contribution in [0.5, 0.6) is 0 Å². The maximum Gasteiger partial charge on any atom is 0.309 e. The van der Waals surface area contributed by atoms with E-state index < -0.39 is 5.60 Å². The Labute approximate surface area is 126 Å². The van der Waals surface area contributed by atoms with E-state index in [2.05, 4.69) is 4.90 Å². The summed E-state index contributed by atoms with van der Waals surface area (Å²) in [5.74, 6) is -0.275. The molecule has 1 aliphatic heterocycles. The predicted molar refractivity (Wildman–Crippen MR) is 81.7 cm³/mol. The first-order valence-corrected chi connectivity index (χ1v) is 7.51. The molecule has 1 fully saturated rings. The minimum Gasteiger partial charge on any atom is -0.461 e. The fourth-order valence-corrected chi connectivity index (χ4v) is 2.97. The van der Waals surface area contributed by atoms with Crippen molar-refractivity contribution in [2.45, 2.75) is 44.9 Å². The number of piperidine rings is 1. The van der Waals surface area contributed by atoms with E-state index in [4.69, 9.17) is 4.74 Å². The lowest BCUT2D eigenvalue weighted by atomic mass is 9.83. The summed E-state index contributed by atoms with van der Waals surface area (Å²) in [6.45, 7) is 4.72. The summed E-state index contributed by atoms with van der Waals surface area (Å²) >= 11 is 0. The van der Waals surface area contributed by atoms with E-state index in [0.717, 1.165) is 18.5 Å². The molecule has 0 radical (unpaired) electrons. The van der Waals surface area contributed by atoms with Gasteiger partial charge >= 0.3 is 5.97 Å². The van der Waals surface area contributed by atoms with Crippen molar-refractivity contribution < 1.29 is 14.6 Å². The van der Waals surface area contributed by atoms with Gasteiger partial charge in [0.25, 0.3) is 0 Å². The second kappa shape index (κ2) is 6.58. The van der Waals surface area contributed by atoms with Crippen LogP contribution >= 0.6 is 0 Å². The molecule has 1 saturated heterocycles. The van der Waals surface area contributed by atoms with Crippen molar-refractivity contribution in [3.63, 3.8) is 0 Å². The highest BCUT2D eigenvalue weighted by atomic mass is 16.5. The molecule has 1 aromatic rings. The first-order chi connectivity index (χ1) is 9.88. The Morgan fingerprint density at radius 1 is 1.38 bits per heavy atom. The van der Waals surface area contributed by atoms with Crippen molar-refractivity contribution in [2.75, 3.05) is 13.6 Å².